The fourth-order valence-electron chi connectivity index (χ4n) is 6.96. The third-order valence-corrected chi connectivity index (χ3v) is 8.15. The lowest BCUT2D eigenvalue weighted by Gasteiger charge is -2.62. The molecule has 3 fully saturated rings. The normalized spacial score (nSPS) is 52.4. The van der Waals surface area contributed by atoms with Crippen molar-refractivity contribution in [1.82, 2.24) is 0 Å². The summed E-state index contributed by atoms with van der Waals surface area (Å²) in [5.41, 5.74) is -3.93. The molecule has 0 spiro atoms. The van der Waals surface area contributed by atoms with E-state index >= 15 is 8.78 Å². The first kappa shape index (κ1) is 19.7. The third kappa shape index (κ3) is 2.30. The number of rotatable bonds is 1. The number of allylic oxidation sites excluding steroid dienone is 4. The van der Waals surface area contributed by atoms with E-state index in [1.165, 1.54) is 25.2 Å². The summed E-state index contributed by atoms with van der Waals surface area (Å²) in [6.07, 6.45) is 1.37. The van der Waals surface area contributed by atoms with Crippen LogP contribution < -0.4 is 0 Å². The molecule has 6 heteroatoms. The minimum absolute atomic E-state index is 0.000248. The molecule has 0 saturated heterocycles. The second kappa shape index (κ2) is 5.97. The molecule has 3 saturated carbocycles. The molecule has 4 rings (SSSR count). The number of aliphatic hydroxyl groups is 1. The lowest BCUT2D eigenvalue weighted by Crippen LogP contribution is -2.68. The molecular formula is C22H28F2O4. The molecule has 154 valence electrons. The zero-order chi connectivity index (χ0) is 20.6. The van der Waals surface area contributed by atoms with Crippen LogP contribution in [0.2, 0.25) is 0 Å². The summed E-state index contributed by atoms with van der Waals surface area (Å²) in [6, 6.07) is 0. The molecule has 1 N–H and O–H groups in total. The quantitative estimate of drug-likeness (QED) is 0.692. The average Bonchev–Trinajstić information content (AvgIpc) is 2.83. The van der Waals surface area contributed by atoms with E-state index in [0.717, 1.165) is 0 Å². The van der Waals surface area contributed by atoms with Crippen molar-refractivity contribution in [3.05, 3.63) is 23.8 Å². The van der Waals surface area contributed by atoms with Gasteiger partial charge in [-0.05, 0) is 55.7 Å². The van der Waals surface area contributed by atoms with E-state index < -0.39 is 46.8 Å². The maximum atomic E-state index is 16.8. The summed E-state index contributed by atoms with van der Waals surface area (Å²) in [6.45, 7) is 6.83. The standard InChI is InChI=1S/C22H28F2O4/c1-11-7-14-15-9-17(23)16-8-13(26)5-6-21(16,4)22(15,24)18(27)10-20(14,3)19(11)28-12(2)25/h5-6,8,11,14-15,17-19,27H,7,9-10H2,1-4H3/t11-,14-,15-,17-,18-,19+,20-,21-,22-/m0/s1. The number of esters is 1. The highest BCUT2D eigenvalue weighted by atomic mass is 19.1. The predicted molar refractivity (Wildman–Crippen MR) is 98.7 cm³/mol. The zero-order valence-electron chi connectivity index (χ0n) is 16.7. The fourth-order valence-corrected chi connectivity index (χ4v) is 6.96. The number of ether oxygens (including phenoxy) is 1. The Bertz CT molecular complexity index is 791. The van der Waals surface area contributed by atoms with Crippen molar-refractivity contribution in [2.24, 2.45) is 28.6 Å². The van der Waals surface area contributed by atoms with E-state index in [-0.39, 0.29) is 36.0 Å². The Balaban J connectivity index is 1.81. The second-order valence-electron chi connectivity index (χ2n) is 9.69. The number of aliphatic hydroxyl groups excluding tert-OH is 1. The van der Waals surface area contributed by atoms with Gasteiger partial charge in [0.2, 0.25) is 0 Å². The predicted octanol–water partition coefficient (Wildman–Crippen LogP) is 3.48. The van der Waals surface area contributed by atoms with Crippen LogP contribution in [0.15, 0.2) is 23.8 Å². The van der Waals surface area contributed by atoms with Crippen molar-refractivity contribution in [2.75, 3.05) is 0 Å². The van der Waals surface area contributed by atoms with Crippen LogP contribution in [0.3, 0.4) is 0 Å². The molecule has 28 heavy (non-hydrogen) atoms. The molecule has 0 bridgehead atoms. The van der Waals surface area contributed by atoms with Crippen LogP contribution in [0.1, 0.15) is 47.0 Å². The summed E-state index contributed by atoms with van der Waals surface area (Å²) < 4.78 is 37.6. The summed E-state index contributed by atoms with van der Waals surface area (Å²) >= 11 is 0. The van der Waals surface area contributed by atoms with Crippen molar-refractivity contribution in [3.63, 3.8) is 0 Å². The number of halogens is 2. The van der Waals surface area contributed by atoms with Gasteiger partial charge in [-0.25, -0.2) is 8.78 Å². The van der Waals surface area contributed by atoms with Crippen LogP contribution in [-0.4, -0.2) is 40.9 Å². The molecule has 0 aromatic rings. The minimum atomic E-state index is -2.08. The van der Waals surface area contributed by atoms with Crippen LogP contribution in [0.5, 0.6) is 0 Å². The van der Waals surface area contributed by atoms with Gasteiger partial charge in [-0.2, -0.15) is 0 Å². The van der Waals surface area contributed by atoms with E-state index in [1.807, 2.05) is 13.8 Å². The van der Waals surface area contributed by atoms with Gasteiger partial charge in [-0.1, -0.05) is 19.9 Å². The Hall–Kier alpha value is -1.56. The third-order valence-electron chi connectivity index (χ3n) is 8.15. The van der Waals surface area contributed by atoms with Gasteiger partial charge >= 0.3 is 5.97 Å². The highest BCUT2D eigenvalue weighted by Crippen LogP contribution is 2.69. The first-order chi connectivity index (χ1) is 12.9. The number of hydrogen-bond acceptors (Lipinski definition) is 4. The summed E-state index contributed by atoms with van der Waals surface area (Å²) in [7, 11) is 0. The number of fused-ring (bicyclic) bond motifs is 5. The first-order valence-corrected chi connectivity index (χ1v) is 10.1. The van der Waals surface area contributed by atoms with Gasteiger partial charge in [0, 0.05) is 23.7 Å². The minimum Gasteiger partial charge on any atom is -0.462 e. The van der Waals surface area contributed by atoms with Gasteiger partial charge in [0.05, 0.1) is 6.10 Å². The maximum absolute atomic E-state index is 16.8. The second-order valence-corrected chi connectivity index (χ2v) is 9.69. The average molecular weight is 394 g/mol. The van der Waals surface area contributed by atoms with Crippen LogP contribution >= 0.6 is 0 Å². The molecule has 0 aromatic carbocycles. The SMILES string of the molecule is CC(=O)O[C@@H]1[C@@H](C)C[C@H]2[C@@H]3C[C@H](F)C4=CC(=O)C=C[C@]4(C)[C@@]3(F)[C@@H](O)C[C@]12C. The highest BCUT2D eigenvalue weighted by Gasteiger charge is 2.73. The molecule has 4 aliphatic rings. The van der Waals surface area contributed by atoms with Gasteiger partial charge in [0.1, 0.15) is 12.3 Å². The van der Waals surface area contributed by atoms with E-state index in [4.69, 9.17) is 4.74 Å². The van der Waals surface area contributed by atoms with Crippen LogP contribution in [0.25, 0.3) is 0 Å². The summed E-state index contributed by atoms with van der Waals surface area (Å²) in [5, 5.41) is 11.1. The Labute approximate surface area is 164 Å². The van der Waals surface area contributed by atoms with Gasteiger partial charge in [0.15, 0.2) is 11.5 Å². The van der Waals surface area contributed by atoms with Gasteiger partial charge in [-0.15, -0.1) is 0 Å². The molecule has 0 amide bonds. The Morgan fingerprint density at radius 2 is 1.96 bits per heavy atom. The first-order valence-electron chi connectivity index (χ1n) is 10.1. The van der Waals surface area contributed by atoms with E-state index in [1.54, 1.807) is 6.92 Å². The van der Waals surface area contributed by atoms with Crippen molar-refractivity contribution < 1.29 is 28.2 Å². The Kier molecular flexibility index (Phi) is 4.21. The van der Waals surface area contributed by atoms with Gasteiger partial charge < -0.3 is 9.84 Å². The molecule has 0 radical (unpaired) electrons. The highest BCUT2D eigenvalue weighted by molar-refractivity contribution is 6.01. The van der Waals surface area contributed by atoms with Gasteiger partial charge in [0.25, 0.3) is 0 Å². The van der Waals surface area contributed by atoms with E-state index in [2.05, 4.69) is 0 Å². The van der Waals surface area contributed by atoms with Crippen molar-refractivity contribution in [3.8, 4) is 0 Å². The molecular weight excluding hydrogens is 366 g/mol. The summed E-state index contributed by atoms with van der Waals surface area (Å²) in [5.74, 6) is -1.69. The zero-order valence-corrected chi connectivity index (χ0v) is 16.7. The Morgan fingerprint density at radius 1 is 1.29 bits per heavy atom. The van der Waals surface area contributed by atoms with E-state index in [0.29, 0.717) is 6.42 Å². The molecule has 4 nitrogen and oxygen atoms in total. The maximum Gasteiger partial charge on any atom is 0.302 e. The van der Waals surface area contributed by atoms with Crippen LogP contribution in [0, 0.1) is 28.6 Å². The largest absolute Gasteiger partial charge is 0.462 e. The molecule has 0 aromatic heterocycles. The molecule has 0 aliphatic heterocycles. The number of alkyl halides is 2. The fraction of sp³-hybridized carbons (Fsp3) is 0.727. The van der Waals surface area contributed by atoms with Gasteiger partial charge in [-0.3, -0.25) is 9.59 Å². The van der Waals surface area contributed by atoms with Crippen molar-refractivity contribution in [2.45, 2.75) is 71.0 Å². The van der Waals surface area contributed by atoms with Crippen molar-refractivity contribution in [1.29, 1.82) is 0 Å². The van der Waals surface area contributed by atoms with Crippen molar-refractivity contribution >= 4 is 11.8 Å². The lowest BCUT2D eigenvalue weighted by atomic mass is 9.45. The van der Waals surface area contributed by atoms with Crippen LogP contribution in [0.4, 0.5) is 8.78 Å². The Morgan fingerprint density at radius 3 is 2.61 bits per heavy atom. The molecule has 4 aliphatic carbocycles. The van der Waals surface area contributed by atoms with Crippen LogP contribution in [-0.2, 0) is 14.3 Å². The molecule has 9 atom stereocenters. The lowest BCUT2D eigenvalue weighted by molar-refractivity contribution is -0.211. The number of hydrogen-bond donors (Lipinski definition) is 1. The number of ketones is 1. The number of carbonyl (C=O) groups is 2. The molecule has 0 unspecified atom stereocenters. The van der Waals surface area contributed by atoms with E-state index in [9.17, 15) is 14.7 Å². The number of carbonyl (C=O) groups excluding carboxylic acids is 2. The molecule has 0 heterocycles. The monoisotopic (exact) mass is 394 g/mol. The topological polar surface area (TPSA) is 63.6 Å². The summed E-state index contributed by atoms with van der Waals surface area (Å²) in [4.78, 5) is 23.5. The smallest absolute Gasteiger partial charge is 0.302 e.